The highest BCUT2D eigenvalue weighted by Crippen LogP contribution is 2.34. The molecule has 0 saturated carbocycles. The molecule has 2 heterocycles. The first-order valence-electron chi connectivity index (χ1n) is 5.89. The van der Waals surface area contributed by atoms with Crippen molar-refractivity contribution in [3.63, 3.8) is 0 Å². The van der Waals surface area contributed by atoms with E-state index in [0.717, 1.165) is 0 Å². The molecule has 1 atom stereocenters. The molecule has 0 saturated heterocycles. The van der Waals surface area contributed by atoms with Crippen molar-refractivity contribution in [3.05, 3.63) is 46.9 Å². The van der Waals surface area contributed by atoms with Crippen molar-refractivity contribution in [2.75, 3.05) is 5.32 Å². The van der Waals surface area contributed by atoms with Gasteiger partial charge in [0.05, 0.1) is 5.57 Å². The molecule has 0 bridgehead atoms. The molecule has 1 aliphatic heterocycles. The van der Waals surface area contributed by atoms with Crippen molar-refractivity contribution in [1.29, 1.82) is 0 Å². The van der Waals surface area contributed by atoms with Crippen molar-refractivity contribution >= 4 is 11.9 Å². The van der Waals surface area contributed by atoms with Crippen LogP contribution >= 0.6 is 0 Å². The molecule has 102 valence electrons. The van der Waals surface area contributed by atoms with Gasteiger partial charge in [0.15, 0.2) is 0 Å². The van der Waals surface area contributed by atoms with Crippen LogP contribution in [0.25, 0.3) is 0 Å². The van der Waals surface area contributed by atoms with Crippen molar-refractivity contribution in [1.82, 2.24) is 20.2 Å². The standard InChI is InChI=1S/C12H11FN6O/c1-6-9(11(14)20)10(7-4-2-3-5-8(7)13)19-12(15-6)16-17-18-19/h2-5,10H,1H3,(H2,14,20)(H,15,16,18). The summed E-state index contributed by atoms with van der Waals surface area (Å²) in [5.74, 6) is -0.766. The Labute approximate surface area is 113 Å². The smallest absolute Gasteiger partial charge is 0.248 e. The summed E-state index contributed by atoms with van der Waals surface area (Å²) in [6.45, 7) is 1.67. The van der Waals surface area contributed by atoms with Crippen LogP contribution in [0.5, 0.6) is 0 Å². The molecule has 1 amide bonds. The first kappa shape index (κ1) is 12.3. The van der Waals surface area contributed by atoms with Gasteiger partial charge in [-0.25, -0.2) is 4.39 Å². The van der Waals surface area contributed by atoms with E-state index in [4.69, 9.17) is 5.73 Å². The van der Waals surface area contributed by atoms with Gasteiger partial charge in [0.25, 0.3) is 0 Å². The third-order valence-corrected chi connectivity index (χ3v) is 3.18. The molecule has 1 aromatic heterocycles. The van der Waals surface area contributed by atoms with Crippen molar-refractivity contribution in [2.24, 2.45) is 5.73 Å². The van der Waals surface area contributed by atoms with E-state index in [1.165, 1.54) is 10.7 Å². The Morgan fingerprint density at radius 1 is 1.45 bits per heavy atom. The number of aromatic nitrogens is 4. The molecular formula is C12H11FN6O. The second-order valence-electron chi connectivity index (χ2n) is 4.40. The number of nitrogens with zero attached hydrogens (tertiary/aromatic N) is 4. The Kier molecular flexibility index (Phi) is 2.70. The third-order valence-electron chi connectivity index (χ3n) is 3.18. The van der Waals surface area contributed by atoms with Crippen molar-refractivity contribution < 1.29 is 9.18 Å². The lowest BCUT2D eigenvalue weighted by atomic mass is 9.95. The second kappa shape index (κ2) is 4.41. The molecule has 0 fully saturated rings. The number of allylic oxidation sites excluding steroid dienone is 1. The number of carbonyl (C=O) groups is 1. The molecule has 1 unspecified atom stereocenters. The molecule has 7 nitrogen and oxygen atoms in total. The van der Waals surface area contributed by atoms with Crippen LogP contribution in [0.4, 0.5) is 10.3 Å². The number of rotatable bonds is 2. The predicted molar refractivity (Wildman–Crippen MR) is 67.9 cm³/mol. The van der Waals surface area contributed by atoms with E-state index in [1.54, 1.807) is 25.1 Å². The molecule has 1 aliphatic rings. The Balaban J connectivity index is 2.25. The highest BCUT2D eigenvalue weighted by atomic mass is 19.1. The zero-order chi connectivity index (χ0) is 14.3. The van der Waals surface area contributed by atoms with Gasteiger partial charge in [-0.3, -0.25) is 4.79 Å². The zero-order valence-electron chi connectivity index (χ0n) is 10.5. The van der Waals surface area contributed by atoms with E-state index < -0.39 is 17.8 Å². The summed E-state index contributed by atoms with van der Waals surface area (Å²) in [6, 6.07) is 5.36. The summed E-state index contributed by atoms with van der Waals surface area (Å²) in [5.41, 5.74) is 6.45. The van der Waals surface area contributed by atoms with Gasteiger partial charge in [-0.05, 0) is 23.4 Å². The topological polar surface area (TPSA) is 98.7 Å². The number of hydrogen-bond acceptors (Lipinski definition) is 5. The number of primary amides is 1. The summed E-state index contributed by atoms with van der Waals surface area (Å²) < 4.78 is 15.4. The normalized spacial score (nSPS) is 17.6. The quantitative estimate of drug-likeness (QED) is 0.835. The van der Waals surface area contributed by atoms with Crippen molar-refractivity contribution in [3.8, 4) is 0 Å². The number of nitrogens with one attached hydrogen (secondary N) is 1. The average Bonchev–Trinajstić information content (AvgIpc) is 2.85. The highest BCUT2D eigenvalue weighted by molar-refractivity contribution is 5.95. The highest BCUT2D eigenvalue weighted by Gasteiger charge is 2.34. The van der Waals surface area contributed by atoms with Gasteiger partial charge in [-0.15, -0.1) is 0 Å². The van der Waals surface area contributed by atoms with Gasteiger partial charge < -0.3 is 11.1 Å². The SMILES string of the molecule is CC1=C(C(N)=O)C(c2ccccc2F)n2nnnc2N1. The number of anilines is 1. The van der Waals surface area contributed by atoms with Gasteiger partial charge in [0.1, 0.15) is 11.9 Å². The fraction of sp³-hybridized carbons (Fsp3) is 0.167. The van der Waals surface area contributed by atoms with Crippen molar-refractivity contribution in [2.45, 2.75) is 13.0 Å². The lowest BCUT2D eigenvalue weighted by Crippen LogP contribution is -2.32. The lowest BCUT2D eigenvalue weighted by Gasteiger charge is -2.26. The van der Waals surface area contributed by atoms with Gasteiger partial charge in [-0.1, -0.05) is 23.3 Å². The zero-order valence-corrected chi connectivity index (χ0v) is 10.5. The van der Waals surface area contributed by atoms with E-state index in [9.17, 15) is 9.18 Å². The summed E-state index contributed by atoms with van der Waals surface area (Å²) in [5, 5.41) is 14.0. The molecule has 0 spiro atoms. The summed E-state index contributed by atoms with van der Waals surface area (Å²) >= 11 is 0. The minimum Gasteiger partial charge on any atom is -0.366 e. The number of hydrogen-bond donors (Lipinski definition) is 2. The third kappa shape index (κ3) is 1.73. The van der Waals surface area contributed by atoms with Crippen LogP contribution < -0.4 is 11.1 Å². The molecular weight excluding hydrogens is 263 g/mol. The van der Waals surface area contributed by atoms with Crippen LogP contribution in [0.3, 0.4) is 0 Å². The number of fused-ring (bicyclic) bond motifs is 1. The summed E-state index contributed by atoms with van der Waals surface area (Å²) in [4.78, 5) is 11.7. The molecule has 0 radical (unpaired) electrons. The summed E-state index contributed by atoms with van der Waals surface area (Å²) in [6.07, 6.45) is 0. The molecule has 0 aliphatic carbocycles. The Morgan fingerprint density at radius 2 is 2.20 bits per heavy atom. The Morgan fingerprint density at radius 3 is 2.90 bits per heavy atom. The van der Waals surface area contributed by atoms with Crippen LogP contribution in [0.1, 0.15) is 18.5 Å². The first-order chi connectivity index (χ1) is 9.59. The Bertz CT molecular complexity index is 722. The average molecular weight is 274 g/mol. The van der Waals surface area contributed by atoms with E-state index in [1.807, 2.05) is 0 Å². The number of halogens is 1. The Hall–Kier alpha value is -2.77. The number of carbonyl (C=O) groups excluding carboxylic acids is 1. The second-order valence-corrected chi connectivity index (χ2v) is 4.40. The van der Waals surface area contributed by atoms with Crippen LogP contribution in [0.2, 0.25) is 0 Å². The molecule has 2 aromatic rings. The lowest BCUT2D eigenvalue weighted by molar-refractivity contribution is -0.115. The van der Waals surface area contributed by atoms with E-state index in [2.05, 4.69) is 20.8 Å². The van der Waals surface area contributed by atoms with Crippen LogP contribution in [-0.4, -0.2) is 26.1 Å². The van der Waals surface area contributed by atoms with Crippen LogP contribution in [0.15, 0.2) is 35.5 Å². The maximum absolute atomic E-state index is 14.1. The summed E-state index contributed by atoms with van der Waals surface area (Å²) in [7, 11) is 0. The molecule has 8 heteroatoms. The van der Waals surface area contributed by atoms with E-state index in [0.29, 0.717) is 11.6 Å². The minimum atomic E-state index is -0.778. The number of nitrogens with two attached hydrogens (primary N) is 1. The number of benzene rings is 1. The molecule has 3 rings (SSSR count). The van der Waals surface area contributed by atoms with Gasteiger partial charge in [0.2, 0.25) is 11.9 Å². The monoisotopic (exact) mass is 274 g/mol. The van der Waals surface area contributed by atoms with E-state index >= 15 is 0 Å². The van der Waals surface area contributed by atoms with Crippen LogP contribution in [-0.2, 0) is 4.79 Å². The van der Waals surface area contributed by atoms with Gasteiger partial charge >= 0.3 is 0 Å². The van der Waals surface area contributed by atoms with E-state index in [-0.39, 0.29) is 11.1 Å². The largest absolute Gasteiger partial charge is 0.366 e. The van der Waals surface area contributed by atoms with Crippen LogP contribution in [0, 0.1) is 5.82 Å². The first-order valence-corrected chi connectivity index (χ1v) is 5.89. The molecule has 1 aromatic carbocycles. The number of tetrazole rings is 1. The predicted octanol–water partition coefficient (Wildman–Crippen LogP) is 0.586. The fourth-order valence-corrected chi connectivity index (χ4v) is 2.32. The van der Waals surface area contributed by atoms with Gasteiger partial charge in [0, 0.05) is 11.3 Å². The maximum atomic E-state index is 14.1. The van der Waals surface area contributed by atoms with Gasteiger partial charge in [-0.2, -0.15) is 4.68 Å². The number of amides is 1. The molecule has 3 N–H and O–H groups in total. The molecule has 20 heavy (non-hydrogen) atoms. The fourth-order valence-electron chi connectivity index (χ4n) is 2.32. The maximum Gasteiger partial charge on any atom is 0.248 e. The minimum absolute atomic E-state index is 0.231.